The normalized spacial score (nSPS) is 11.3. The van der Waals surface area contributed by atoms with Crippen molar-refractivity contribution in [3.63, 3.8) is 0 Å². The minimum atomic E-state index is -5.08. The van der Waals surface area contributed by atoms with E-state index in [1.807, 2.05) is 18.7 Å². The number of nitrogens with one attached hydrogen (secondary N) is 1. The van der Waals surface area contributed by atoms with Gasteiger partial charge in [0, 0.05) is 18.8 Å². The van der Waals surface area contributed by atoms with Gasteiger partial charge in [0.25, 0.3) is 10.0 Å². The monoisotopic (exact) mass is 518 g/mol. The Morgan fingerprint density at radius 1 is 1.00 bits per heavy atom. The number of alkyl halides is 3. The number of unbranched alkanes of at least 4 members (excludes halogenated alkanes) is 1. The van der Waals surface area contributed by atoms with Crippen molar-refractivity contribution in [2.45, 2.75) is 51.1 Å². The van der Waals surface area contributed by atoms with Gasteiger partial charge >= 0.3 is 18.1 Å². The number of nitrogens with zero attached hydrogens (tertiary/aromatic N) is 1. The van der Waals surface area contributed by atoms with Crippen LogP contribution in [0.3, 0.4) is 0 Å². The second kappa shape index (κ2) is 13.0. The highest BCUT2D eigenvalue weighted by Crippen LogP contribution is 2.26. The number of benzene rings is 2. The molecule has 0 atom stereocenters. The summed E-state index contributed by atoms with van der Waals surface area (Å²) in [4.78, 5) is 22.8. The van der Waals surface area contributed by atoms with Crippen LogP contribution in [0.2, 0.25) is 0 Å². The minimum absolute atomic E-state index is 0.0829. The van der Waals surface area contributed by atoms with Crippen molar-refractivity contribution >= 4 is 33.3 Å². The van der Waals surface area contributed by atoms with Gasteiger partial charge in [-0.15, -0.1) is 0 Å². The van der Waals surface area contributed by atoms with Gasteiger partial charge in [-0.05, 0) is 55.7 Å². The molecule has 0 aromatic heterocycles. The standard InChI is InChI=1S/C21H28N2O4S.C2HF3O2/c1-4-7-14-23(6-3)20-13-10-17(15-19(20)21(24)25)22-28(26,27)18-11-8-16(5-2)9-12-18;3-2(4,5)1(6)7/h8-13,15,22H,4-7,14H2,1-3H3,(H,24,25);(H,6,7). The number of sulfonamides is 1. The van der Waals surface area contributed by atoms with Crippen LogP contribution in [0.15, 0.2) is 47.4 Å². The van der Waals surface area contributed by atoms with Crippen molar-refractivity contribution in [3.05, 3.63) is 53.6 Å². The topological polar surface area (TPSA) is 124 Å². The molecule has 0 aliphatic rings. The van der Waals surface area contributed by atoms with Gasteiger partial charge in [-0.2, -0.15) is 13.2 Å². The highest BCUT2D eigenvalue weighted by molar-refractivity contribution is 7.92. The Balaban J connectivity index is 0.000000762. The number of carboxylic acid groups (broad SMARTS) is 2. The van der Waals surface area contributed by atoms with Crippen LogP contribution >= 0.6 is 0 Å². The predicted molar refractivity (Wildman–Crippen MR) is 127 cm³/mol. The highest BCUT2D eigenvalue weighted by atomic mass is 32.2. The first-order chi connectivity index (χ1) is 16.3. The minimum Gasteiger partial charge on any atom is -0.478 e. The lowest BCUT2D eigenvalue weighted by Gasteiger charge is -2.25. The van der Waals surface area contributed by atoms with Crippen molar-refractivity contribution < 1.29 is 41.4 Å². The van der Waals surface area contributed by atoms with E-state index in [0.29, 0.717) is 12.2 Å². The van der Waals surface area contributed by atoms with Crippen molar-refractivity contribution in [1.82, 2.24) is 0 Å². The number of hydrogen-bond acceptors (Lipinski definition) is 5. The van der Waals surface area contributed by atoms with E-state index in [1.165, 1.54) is 6.07 Å². The first-order valence-electron chi connectivity index (χ1n) is 10.8. The van der Waals surface area contributed by atoms with Crippen molar-refractivity contribution in [2.75, 3.05) is 22.7 Å². The Morgan fingerprint density at radius 2 is 1.57 bits per heavy atom. The summed E-state index contributed by atoms with van der Waals surface area (Å²) >= 11 is 0. The lowest BCUT2D eigenvalue weighted by molar-refractivity contribution is -0.192. The Kier molecular flexibility index (Phi) is 11.0. The predicted octanol–water partition coefficient (Wildman–Crippen LogP) is 5.01. The molecule has 2 rings (SSSR count). The molecule has 12 heteroatoms. The number of rotatable bonds is 10. The van der Waals surface area contributed by atoms with Gasteiger partial charge < -0.3 is 15.1 Å². The third-order valence-electron chi connectivity index (χ3n) is 4.87. The largest absolute Gasteiger partial charge is 0.490 e. The lowest BCUT2D eigenvalue weighted by atomic mass is 10.1. The third kappa shape index (κ3) is 9.12. The number of anilines is 2. The van der Waals surface area contributed by atoms with Crippen LogP contribution in [0.25, 0.3) is 0 Å². The maximum Gasteiger partial charge on any atom is 0.490 e. The summed E-state index contributed by atoms with van der Waals surface area (Å²) < 4.78 is 59.5. The molecule has 35 heavy (non-hydrogen) atoms. The molecule has 3 N–H and O–H groups in total. The third-order valence-corrected chi connectivity index (χ3v) is 6.26. The number of hydrogen-bond donors (Lipinski definition) is 3. The summed E-state index contributed by atoms with van der Waals surface area (Å²) in [6.07, 6.45) is -2.30. The summed E-state index contributed by atoms with van der Waals surface area (Å²) in [5, 5.41) is 16.8. The van der Waals surface area contributed by atoms with E-state index >= 15 is 0 Å². The van der Waals surface area contributed by atoms with Gasteiger partial charge in [0.15, 0.2) is 0 Å². The van der Waals surface area contributed by atoms with E-state index in [0.717, 1.165) is 31.4 Å². The summed E-state index contributed by atoms with van der Waals surface area (Å²) in [6, 6.07) is 11.3. The fourth-order valence-corrected chi connectivity index (χ4v) is 4.01. The van der Waals surface area contributed by atoms with E-state index in [1.54, 1.807) is 36.4 Å². The number of aromatic carboxylic acids is 1. The molecule has 2 aromatic carbocycles. The van der Waals surface area contributed by atoms with Gasteiger partial charge in [-0.1, -0.05) is 32.4 Å². The first-order valence-corrected chi connectivity index (χ1v) is 12.3. The smallest absolute Gasteiger partial charge is 0.478 e. The second-order valence-corrected chi connectivity index (χ2v) is 9.06. The molecule has 0 bridgehead atoms. The van der Waals surface area contributed by atoms with Gasteiger partial charge in [-0.3, -0.25) is 4.72 Å². The molecule has 0 saturated heterocycles. The van der Waals surface area contributed by atoms with Crippen LogP contribution in [-0.2, 0) is 21.2 Å². The molecule has 0 aliphatic heterocycles. The molecule has 0 heterocycles. The number of carbonyl (C=O) groups is 2. The molecule has 0 saturated carbocycles. The fraction of sp³-hybridized carbons (Fsp3) is 0.391. The van der Waals surface area contributed by atoms with Crippen LogP contribution < -0.4 is 9.62 Å². The molecule has 0 fully saturated rings. The van der Waals surface area contributed by atoms with Crippen molar-refractivity contribution in [2.24, 2.45) is 0 Å². The summed E-state index contributed by atoms with van der Waals surface area (Å²) in [7, 11) is -3.79. The lowest BCUT2D eigenvalue weighted by Crippen LogP contribution is -2.26. The van der Waals surface area contributed by atoms with Crippen molar-refractivity contribution in [1.29, 1.82) is 0 Å². The quantitative estimate of drug-likeness (QED) is 0.404. The molecular weight excluding hydrogens is 489 g/mol. The summed E-state index contributed by atoms with van der Waals surface area (Å²) in [5.41, 5.74) is 1.95. The number of aryl methyl sites for hydroxylation is 1. The molecule has 0 radical (unpaired) electrons. The van der Waals surface area contributed by atoms with E-state index in [2.05, 4.69) is 11.6 Å². The van der Waals surface area contributed by atoms with Gasteiger partial charge in [-0.25, -0.2) is 18.0 Å². The zero-order valence-electron chi connectivity index (χ0n) is 19.6. The Hall–Kier alpha value is -3.28. The molecule has 2 aromatic rings. The molecule has 0 amide bonds. The fourth-order valence-electron chi connectivity index (χ4n) is 2.96. The van der Waals surface area contributed by atoms with Crippen LogP contribution in [0.4, 0.5) is 24.5 Å². The van der Waals surface area contributed by atoms with E-state index in [9.17, 15) is 31.5 Å². The number of carboxylic acids is 2. The van der Waals surface area contributed by atoms with Crippen LogP contribution in [-0.4, -0.2) is 49.8 Å². The molecular formula is C23H29F3N2O6S. The van der Waals surface area contributed by atoms with E-state index < -0.39 is 28.1 Å². The van der Waals surface area contributed by atoms with E-state index in [-0.39, 0.29) is 16.1 Å². The number of aliphatic carboxylic acids is 1. The zero-order chi connectivity index (χ0) is 26.8. The van der Waals surface area contributed by atoms with Crippen molar-refractivity contribution in [3.8, 4) is 0 Å². The highest BCUT2D eigenvalue weighted by Gasteiger charge is 2.38. The Labute approximate surface area is 202 Å². The molecule has 0 aliphatic carbocycles. The number of halogens is 3. The second-order valence-electron chi connectivity index (χ2n) is 7.38. The average molecular weight is 519 g/mol. The molecule has 0 spiro atoms. The molecule has 0 unspecified atom stereocenters. The van der Waals surface area contributed by atoms with Gasteiger partial charge in [0.2, 0.25) is 0 Å². The van der Waals surface area contributed by atoms with Gasteiger partial charge in [0.05, 0.1) is 16.1 Å². The summed E-state index contributed by atoms with van der Waals surface area (Å²) in [5.74, 6) is -3.84. The molecule has 8 nitrogen and oxygen atoms in total. The van der Waals surface area contributed by atoms with Gasteiger partial charge in [0.1, 0.15) is 0 Å². The van der Waals surface area contributed by atoms with Crippen LogP contribution in [0.1, 0.15) is 49.5 Å². The average Bonchev–Trinajstić information content (AvgIpc) is 2.79. The summed E-state index contributed by atoms with van der Waals surface area (Å²) in [6.45, 7) is 7.48. The first kappa shape index (κ1) is 29.8. The van der Waals surface area contributed by atoms with E-state index in [4.69, 9.17) is 9.90 Å². The molecule has 194 valence electrons. The maximum absolute atomic E-state index is 12.6. The Morgan fingerprint density at radius 3 is 2.00 bits per heavy atom. The zero-order valence-corrected chi connectivity index (χ0v) is 20.4. The van der Waals surface area contributed by atoms with Crippen LogP contribution in [0, 0.1) is 0 Å². The maximum atomic E-state index is 12.6. The van der Waals surface area contributed by atoms with Crippen LogP contribution in [0.5, 0.6) is 0 Å². The SMILES string of the molecule is CCCCN(CC)c1ccc(NS(=O)(=O)c2ccc(CC)cc2)cc1C(=O)O.O=C(O)C(F)(F)F. The Bertz CT molecular complexity index is 1100.